The predicted molar refractivity (Wildman–Crippen MR) is 25.4 cm³/mol. The summed E-state index contributed by atoms with van der Waals surface area (Å²) >= 11 is 0. The molecule has 0 unspecified atom stereocenters. The van der Waals surface area contributed by atoms with E-state index in [9.17, 15) is 13.2 Å². The molecular weight excluding hydrogens is 149 g/mol. The van der Waals surface area contributed by atoms with Gasteiger partial charge >= 0.3 is 6.36 Å². The summed E-state index contributed by atoms with van der Waals surface area (Å²) in [5, 5.41) is 0. The molecule has 0 saturated carbocycles. The third-order valence-corrected chi connectivity index (χ3v) is 0.799. The first-order chi connectivity index (χ1) is 4.58. The van der Waals surface area contributed by atoms with Crippen LogP contribution in [0.25, 0.3) is 0 Å². The van der Waals surface area contributed by atoms with E-state index in [2.05, 4.69) is 15.6 Å². The van der Waals surface area contributed by atoms with Gasteiger partial charge in [0.1, 0.15) is 5.76 Å². The molecule has 1 aliphatic heterocycles. The Balaban J connectivity index is 2.38. The summed E-state index contributed by atoms with van der Waals surface area (Å²) in [7, 11) is 0. The van der Waals surface area contributed by atoms with Crippen molar-refractivity contribution in [2.24, 2.45) is 0 Å². The number of alkyl halides is 3. The predicted octanol–water partition coefficient (Wildman–Crippen LogP) is 0.487. The molecule has 0 aromatic heterocycles. The number of rotatable bonds is 1. The van der Waals surface area contributed by atoms with Gasteiger partial charge in [-0.1, -0.05) is 0 Å². The van der Waals surface area contributed by atoms with E-state index in [1.165, 1.54) is 0 Å². The minimum atomic E-state index is -4.60. The second-order valence-corrected chi connectivity index (χ2v) is 1.60. The van der Waals surface area contributed by atoms with Crippen molar-refractivity contribution in [2.75, 3.05) is 6.54 Å². The Morgan fingerprint density at radius 3 is 2.70 bits per heavy atom. The summed E-state index contributed by atoms with van der Waals surface area (Å²) < 4.78 is 37.6. The largest absolute Gasteiger partial charge is 0.572 e. The number of hydrogen-bond acceptors (Lipinski definition) is 2. The lowest BCUT2D eigenvalue weighted by molar-refractivity contribution is -0.305. The van der Waals surface area contributed by atoms with Gasteiger partial charge in [-0.15, -0.1) is 18.6 Å². The number of nitrogens with one attached hydrogen (secondary N) is 1. The first-order valence-electron chi connectivity index (χ1n) is 2.45. The Hall–Kier alpha value is -0.910. The highest BCUT2D eigenvalue weighted by molar-refractivity contribution is 4.97. The van der Waals surface area contributed by atoms with Crippen molar-refractivity contribution in [1.82, 2.24) is 10.9 Å². The summed E-state index contributed by atoms with van der Waals surface area (Å²) in [6, 6.07) is 0. The lowest BCUT2D eigenvalue weighted by Crippen LogP contribution is -2.15. The molecule has 0 atom stereocenters. The van der Waals surface area contributed by atoms with Crippen LogP contribution in [0, 0.1) is 0 Å². The van der Waals surface area contributed by atoms with Gasteiger partial charge in [-0.3, -0.25) is 0 Å². The van der Waals surface area contributed by atoms with Crippen molar-refractivity contribution in [1.29, 1.82) is 0 Å². The number of hydrogen-bond donors (Lipinski definition) is 1. The van der Waals surface area contributed by atoms with Crippen LogP contribution in [-0.2, 0) is 4.74 Å². The minimum Gasteiger partial charge on any atom is -0.407 e. The zero-order valence-electron chi connectivity index (χ0n) is 4.77. The smallest absolute Gasteiger partial charge is 0.407 e. The number of ether oxygens (including phenoxy) is 1. The Bertz CT molecular complexity index is 153. The monoisotopic (exact) mass is 153 g/mol. The first-order valence-corrected chi connectivity index (χ1v) is 2.45. The molecule has 0 aromatic carbocycles. The van der Waals surface area contributed by atoms with E-state index in [-0.39, 0.29) is 12.3 Å². The Labute approximate surface area is 54.8 Å². The van der Waals surface area contributed by atoms with Crippen LogP contribution in [0.15, 0.2) is 12.0 Å². The molecular formula is C4H4F3N2O. The van der Waals surface area contributed by atoms with E-state index in [1.807, 2.05) is 0 Å². The maximum absolute atomic E-state index is 11.4. The molecule has 6 heteroatoms. The van der Waals surface area contributed by atoms with Gasteiger partial charge in [0.15, 0.2) is 0 Å². The van der Waals surface area contributed by atoms with Crippen LogP contribution in [0.2, 0.25) is 0 Å². The number of nitrogens with zero attached hydrogens (tertiary/aromatic N) is 1. The molecule has 0 spiro atoms. The highest BCUT2D eigenvalue weighted by atomic mass is 19.4. The molecule has 1 radical (unpaired) electrons. The summed E-state index contributed by atoms with van der Waals surface area (Å²) in [5.74, 6) is -0.215. The van der Waals surface area contributed by atoms with Crippen molar-refractivity contribution in [2.45, 2.75) is 6.36 Å². The van der Waals surface area contributed by atoms with Gasteiger partial charge in [0, 0.05) is 0 Å². The van der Waals surface area contributed by atoms with E-state index in [4.69, 9.17) is 0 Å². The summed E-state index contributed by atoms with van der Waals surface area (Å²) in [6.07, 6.45) is -3.54. The second-order valence-electron chi connectivity index (χ2n) is 1.60. The van der Waals surface area contributed by atoms with Crippen molar-refractivity contribution in [3.8, 4) is 0 Å². The van der Waals surface area contributed by atoms with Crippen LogP contribution in [0.4, 0.5) is 13.2 Å². The minimum absolute atomic E-state index is 0.0699. The fourth-order valence-electron chi connectivity index (χ4n) is 0.497. The molecule has 0 fully saturated rings. The third-order valence-electron chi connectivity index (χ3n) is 0.799. The second kappa shape index (κ2) is 2.37. The zero-order chi connectivity index (χ0) is 7.61. The average molecular weight is 153 g/mol. The van der Waals surface area contributed by atoms with Crippen molar-refractivity contribution in [3.63, 3.8) is 0 Å². The lowest BCUT2D eigenvalue weighted by atomic mass is 10.6. The van der Waals surface area contributed by atoms with Crippen LogP contribution >= 0.6 is 0 Å². The molecule has 0 aromatic rings. The molecule has 1 N–H and O–H groups in total. The first kappa shape index (κ1) is 7.20. The topological polar surface area (TPSA) is 35.4 Å². The standard InChI is InChI=1S/C4H4F3N2O/c5-4(6,7)10-3-1-8-9-2-3/h1,8H,2H2. The number of halogens is 3. The molecule has 3 nitrogen and oxygen atoms in total. The van der Waals surface area contributed by atoms with E-state index in [1.54, 1.807) is 0 Å². The normalized spacial score (nSPS) is 18.1. The fourth-order valence-corrected chi connectivity index (χ4v) is 0.497. The van der Waals surface area contributed by atoms with Crippen LogP contribution in [0.5, 0.6) is 0 Å². The van der Waals surface area contributed by atoms with Crippen molar-refractivity contribution >= 4 is 0 Å². The Kier molecular flexibility index (Phi) is 1.71. The van der Waals surface area contributed by atoms with Crippen LogP contribution < -0.4 is 10.9 Å². The van der Waals surface area contributed by atoms with E-state index in [0.717, 1.165) is 6.20 Å². The van der Waals surface area contributed by atoms with Crippen molar-refractivity contribution < 1.29 is 17.9 Å². The van der Waals surface area contributed by atoms with Crippen molar-refractivity contribution in [3.05, 3.63) is 12.0 Å². The Morgan fingerprint density at radius 1 is 1.60 bits per heavy atom. The molecule has 0 amide bonds. The molecule has 1 aliphatic rings. The molecule has 0 saturated heterocycles. The zero-order valence-corrected chi connectivity index (χ0v) is 4.77. The highest BCUT2D eigenvalue weighted by Gasteiger charge is 2.32. The van der Waals surface area contributed by atoms with E-state index in [0.29, 0.717) is 0 Å². The molecule has 1 rings (SSSR count). The van der Waals surface area contributed by atoms with Crippen LogP contribution in [0.3, 0.4) is 0 Å². The fraction of sp³-hybridized carbons (Fsp3) is 0.500. The summed E-state index contributed by atoms with van der Waals surface area (Å²) in [4.78, 5) is 0. The molecule has 1 heterocycles. The average Bonchev–Trinajstić information content (AvgIpc) is 2.12. The molecule has 57 valence electrons. The summed E-state index contributed by atoms with van der Waals surface area (Å²) in [6.45, 7) is -0.0699. The molecule has 0 bridgehead atoms. The van der Waals surface area contributed by atoms with E-state index < -0.39 is 6.36 Å². The van der Waals surface area contributed by atoms with Gasteiger partial charge in [0.05, 0.1) is 12.7 Å². The van der Waals surface area contributed by atoms with Gasteiger partial charge in [0.25, 0.3) is 0 Å². The van der Waals surface area contributed by atoms with E-state index >= 15 is 0 Å². The van der Waals surface area contributed by atoms with Crippen LogP contribution in [0.1, 0.15) is 0 Å². The van der Waals surface area contributed by atoms with Gasteiger partial charge in [0.2, 0.25) is 0 Å². The third kappa shape index (κ3) is 2.14. The molecule has 10 heavy (non-hydrogen) atoms. The summed E-state index contributed by atoms with van der Waals surface area (Å²) in [5.41, 5.74) is 5.61. The lowest BCUT2D eigenvalue weighted by Gasteiger charge is -2.06. The van der Waals surface area contributed by atoms with Gasteiger partial charge in [-0.05, 0) is 0 Å². The maximum atomic E-state index is 11.4. The highest BCUT2D eigenvalue weighted by Crippen LogP contribution is 2.20. The van der Waals surface area contributed by atoms with Gasteiger partial charge in [-0.25, -0.2) is 0 Å². The maximum Gasteiger partial charge on any atom is 0.572 e. The Morgan fingerprint density at radius 2 is 2.30 bits per heavy atom. The SMILES string of the molecule is FC(F)(F)OC1=CN[N]C1. The molecule has 0 aliphatic carbocycles. The van der Waals surface area contributed by atoms with Crippen LogP contribution in [-0.4, -0.2) is 12.9 Å². The van der Waals surface area contributed by atoms with Gasteiger partial charge in [-0.2, -0.15) is 0 Å². The quantitative estimate of drug-likeness (QED) is 0.594. The van der Waals surface area contributed by atoms with Gasteiger partial charge < -0.3 is 10.2 Å².